The summed E-state index contributed by atoms with van der Waals surface area (Å²) in [6.07, 6.45) is 1.03. The molecule has 0 fully saturated rings. The lowest BCUT2D eigenvalue weighted by molar-refractivity contribution is 0.0685. The molecule has 0 aliphatic carbocycles. The van der Waals surface area contributed by atoms with Gasteiger partial charge < -0.3 is 14.9 Å². The zero-order valence-electron chi connectivity index (χ0n) is 11.6. The van der Waals surface area contributed by atoms with Crippen LogP contribution in [0.15, 0.2) is 34.9 Å². The van der Waals surface area contributed by atoms with E-state index in [1.165, 1.54) is 17.2 Å². The third kappa shape index (κ3) is 3.45. The van der Waals surface area contributed by atoms with Gasteiger partial charge >= 0.3 is 5.97 Å². The van der Waals surface area contributed by atoms with Crippen LogP contribution in [0.5, 0.6) is 0 Å². The van der Waals surface area contributed by atoms with Crippen LogP contribution in [-0.4, -0.2) is 16.2 Å². The minimum absolute atomic E-state index is 0.0678. The second-order valence-electron chi connectivity index (χ2n) is 4.68. The number of rotatable bonds is 6. The van der Waals surface area contributed by atoms with Gasteiger partial charge in [0.15, 0.2) is 11.5 Å². The van der Waals surface area contributed by atoms with E-state index < -0.39 is 5.97 Å². The molecule has 1 aromatic carbocycles. The molecule has 1 heterocycles. The first kappa shape index (κ1) is 14.3. The van der Waals surface area contributed by atoms with Crippen LogP contribution in [0.2, 0.25) is 0 Å². The molecule has 2 rings (SSSR count). The number of hydrogen-bond donors (Lipinski definition) is 2. The number of aryl methyl sites for hydroxylation is 1. The molecule has 5 nitrogen and oxygen atoms in total. The Balaban J connectivity index is 1.93. The summed E-state index contributed by atoms with van der Waals surface area (Å²) in [6, 6.07) is 10.0. The maximum atomic E-state index is 10.7. The van der Waals surface area contributed by atoms with Crippen molar-refractivity contribution in [3.05, 3.63) is 52.9 Å². The molecule has 0 saturated heterocycles. The summed E-state index contributed by atoms with van der Waals surface area (Å²) in [4.78, 5) is 10.7. The van der Waals surface area contributed by atoms with Gasteiger partial charge in [-0.05, 0) is 24.5 Å². The maximum Gasteiger partial charge on any atom is 0.358 e. The van der Waals surface area contributed by atoms with E-state index in [4.69, 9.17) is 9.63 Å². The second-order valence-corrected chi connectivity index (χ2v) is 4.68. The van der Waals surface area contributed by atoms with Crippen LogP contribution in [-0.2, 0) is 13.0 Å². The number of carboxylic acids is 1. The highest BCUT2D eigenvalue weighted by atomic mass is 16.5. The number of carboxylic acid groups (broad SMARTS) is 1. The predicted octanol–water partition coefficient (Wildman–Crippen LogP) is 2.79. The second kappa shape index (κ2) is 6.34. The number of aromatic carboxylic acids is 1. The van der Waals surface area contributed by atoms with Crippen LogP contribution in [0.1, 0.15) is 47.3 Å². The number of hydrogen-bond acceptors (Lipinski definition) is 4. The van der Waals surface area contributed by atoms with Gasteiger partial charge in [-0.25, -0.2) is 4.79 Å². The normalized spacial score (nSPS) is 12.3. The van der Waals surface area contributed by atoms with E-state index in [1.807, 2.05) is 0 Å². The first-order chi connectivity index (χ1) is 9.60. The molecular formula is C15H18N2O3. The zero-order chi connectivity index (χ0) is 14.5. The summed E-state index contributed by atoms with van der Waals surface area (Å²) >= 11 is 0. The number of nitrogens with one attached hydrogen (secondary N) is 1. The van der Waals surface area contributed by atoms with Crippen molar-refractivity contribution in [2.75, 3.05) is 0 Å². The molecule has 2 N–H and O–H groups in total. The lowest BCUT2D eigenvalue weighted by Crippen LogP contribution is -2.17. The molecule has 1 unspecified atom stereocenters. The van der Waals surface area contributed by atoms with Crippen LogP contribution in [0, 0.1) is 0 Å². The molecule has 0 saturated carbocycles. The fourth-order valence-electron chi connectivity index (χ4n) is 1.91. The van der Waals surface area contributed by atoms with E-state index in [2.05, 4.69) is 48.6 Å². The molecule has 0 aliphatic heterocycles. The third-order valence-electron chi connectivity index (χ3n) is 3.25. The average molecular weight is 274 g/mol. The van der Waals surface area contributed by atoms with E-state index in [0.717, 1.165) is 6.42 Å². The van der Waals surface area contributed by atoms with Gasteiger partial charge in [-0.1, -0.05) is 36.3 Å². The van der Waals surface area contributed by atoms with Crippen LogP contribution in [0.25, 0.3) is 0 Å². The molecule has 106 valence electrons. The number of nitrogens with zero attached hydrogens (tertiary/aromatic N) is 1. The van der Waals surface area contributed by atoms with Crippen molar-refractivity contribution in [1.29, 1.82) is 0 Å². The lowest BCUT2D eigenvalue weighted by Gasteiger charge is -2.13. The summed E-state index contributed by atoms with van der Waals surface area (Å²) in [5.74, 6) is -0.567. The highest BCUT2D eigenvalue weighted by molar-refractivity contribution is 5.85. The van der Waals surface area contributed by atoms with Crippen LogP contribution < -0.4 is 5.32 Å². The first-order valence-corrected chi connectivity index (χ1v) is 6.61. The predicted molar refractivity (Wildman–Crippen MR) is 74.5 cm³/mol. The van der Waals surface area contributed by atoms with E-state index in [1.54, 1.807) is 0 Å². The summed E-state index contributed by atoms with van der Waals surface area (Å²) < 4.78 is 4.96. The van der Waals surface area contributed by atoms with Crippen molar-refractivity contribution in [1.82, 2.24) is 10.5 Å². The monoisotopic (exact) mass is 274 g/mol. The SMILES string of the molecule is CCc1ccc(C(C)NCc2cc(C(=O)O)no2)cc1. The fraction of sp³-hybridized carbons (Fsp3) is 0.333. The molecule has 1 atom stereocenters. The Morgan fingerprint density at radius 2 is 2.10 bits per heavy atom. The van der Waals surface area contributed by atoms with Gasteiger partial charge in [0.05, 0.1) is 6.54 Å². The Morgan fingerprint density at radius 1 is 1.40 bits per heavy atom. The summed E-state index contributed by atoms with van der Waals surface area (Å²) in [6.45, 7) is 4.62. The number of carbonyl (C=O) groups is 1. The largest absolute Gasteiger partial charge is 0.476 e. The van der Waals surface area contributed by atoms with Crippen LogP contribution in [0.3, 0.4) is 0 Å². The van der Waals surface area contributed by atoms with Gasteiger partial charge in [-0.2, -0.15) is 0 Å². The Kier molecular flexibility index (Phi) is 4.53. The van der Waals surface area contributed by atoms with Gasteiger partial charge in [-0.3, -0.25) is 0 Å². The quantitative estimate of drug-likeness (QED) is 0.847. The number of aromatic nitrogens is 1. The topological polar surface area (TPSA) is 75.4 Å². The molecule has 2 aromatic rings. The van der Waals surface area contributed by atoms with Gasteiger partial charge in [-0.15, -0.1) is 0 Å². The van der Waals surface area contributed by atoms with Crippen molar-refractivity contribution >= 4 is 5.97 Å². The molecular weight excluding hydrogens is 256 g/mol. The van der Waals surface area contributed by atoms with Crippen molar-refractivity contribution in [3.8, 4) is 0 Å². The van der Waals surface area contributed by atoms with Crippen molar-refractivity contribution in [2.45, 2.75) is 32.9 Å². The van der Waals surface area contributed by atoms with E-state index in [-0.39, 0.29) is 11.7 Å². The molecule has 20 heavy (non-hydrogen) atoms. The molecule has 0 aliphatic rings. The Hall–Kier alpha value is -2.14. The highest BCUT2D eigenvalue weighted by Gasteiger charge is 2.11. The Morgan fingerprint density at radius 3 is 2.65 bits per heavy atom. The summed E-state index contributed by atoms with van der Waals surface area (Å²) in [7, 11) is 0. The summed E-state index contributed by atoms with van der Waals surface area (Å²) in [5.41, 5.74) is 2.42. The third-order valence-corrected chi connectivity index (χ3v) is 3.25. The van der Waals surface area contributed by atoms with E-state index >= 15 is 0 Å². The highest BCUT2D eigenvalue weighted by Crippen LogP contribution is 2.14. The average Bonchev–Trinajstić information content (AvgIpc) is 2.94. The van der Waals surface area contributed by atoms with Crippen molar-refractivity contribution in [2.24, 2.45) is 0 Å². The maximum absolute atomic E-state index is 10.7. The Bertz CT molecular complexity index is 575. The van der Waals surface area contributed by atoms with Gasteiger partial charge in [0.25, 0.3) is 0 Å². The van der Waals surface area contributed by atoms with Gasteiger partial charge in [0, 0.05) is 12.1 Å². The molecule has 0 radical (unpaired) electrons. The molecule has 5 heteroatoms. The smallest absolute Gasteiger partial charge is 0.358 e. The molecule has 0 bridgehead atoms. The van der Waals surface area contributed by atoms with Crippen LogP contribution >= 0.6 is 0 Å². The number of benzene rings is 1. The zero-order valence-corrected chi connectivity index (χ0v) is 11.6. The van der Waals surface area contributed by atoms with Crippen LogP contribution in [0.4, 0.5) is 0 Å². The lowest BCUT2D eigenvalue weighted by atomic mass is 10.1. The van der Waals surface area contributed by atoms with E-state index in [0.29, 0.717) is 12.3 Å². The Labute approximate surface area is 117 Å². The standard InChI is InChI=1S/C15H18N2O3/c1-3-11-4-6-12(7-5-11)10(2)16-9-13-8-14(15(18)19)17-20-13/h4-8,10,16H,3,9H2,1-2H3,(H,18,19). The van der Waals surface area contributed by atoms with Crippen molar-refractivity contribution < 1.29 is 14.4 Å². The van der Waals surface area contributed by atoms with Gasteiger partial charge in [0.2, 0.25) is 0 Å². The molecule has 0 amide bonds. The minimum Gasteiger partial charge on any atom is -0.476 e. The van der Waals surface area contributed by atoms with Crippen molar-refractivity contribution in [3.63, 3.8) is 0 Å². The first-order valence-electron chi connectivity index (χ1n) is 6.61. The van der Waals surface area contributed by atoms with E-state index in [9.17, 15) is 4.79 Å². The fourth-order valence-corrected chi connectivity index (χ4v) is 1.91. The molecule has 0 spiro atoms. The van der Waals surface area contributed by atoms with Gasteiger partial charge in [0.1, 0.15) is 0 Å². The molecule has 1 aromatic heterocycles. The minimum atomic E-state index is -1.08. The summed E-state index contributed by atoms with van der Waals surface area (Å²) in [5, 5.41) is 15.5.